The molecule has 0 spiro atoms. The first-order chi connectivity index (χ1) is 8.06. The quantitative estimate of drug-likeness (QED) is 0.813. The van der Waals surface area contributed by atoms with Gasteiger partial charge in [-0.1, -0.05) is 29.8 Å². The normalized spacial score (nSPS) is 14.3. The van der Waals surface area contributed by atoms with E-state index in [1.807, 2.05) is 0 Å². The summed E-state index contributed by atoms with van der Waals surface area (Å²) in [6.45, 7) is 1.56. The standard InChI is InChI=1S/C12H14Cl2O3/c1-8(15)10(6-13)12(14)17-7-9-4-2-3-5-11(9)16/h2-5,10,12,16H,6-7H2,1H3. The molecule has 0 aliphatic heterocycles. The summed E-state index contributed by atoms with van der Waals surface area (Å²) in [5, 5.41) is 9.51. The predicted octanol–water partition coefficient (Wildman–Crippen LogP) is 2.92. The minimum atomic E-state index is -0.787. The van der Waals surface area contributed by atoms with Crippen LogP contribution in [0.4, 0.5) is 0 Å². The third kappa shape index (κ3) is 4.19. The van der Waals surface area contributed by atoms with E-state index in [1.165, 1.54) is 6.92 Å². The Labute approximate surface area is 110 Å². The van der Waals surface area contributed by atoms with E-state index in [0.29, 0.717) is 5.56 Å². The molecule has 0 aliphatic carbocycles. The maximum absolute atomic E-state index is 11.2. The fourth-order valence-electron chi connectivity index (χ4n) is 1.28. The van der Waals surface area contributed by atoms with Crippen LogP contribution in [0.2, 0.25) is 0 Å². The largest absolute Gasteiger partial charge is 0.508 e. The van der Waals surface area contributed by atoms with E-state index in [1.54, 1.807) is 24.3 Å². The van der Waals surface area contributed by atoms with E-state index in [2.05, 4.69) is 0 Å². The number of hydrogen-bond acceptors (Lipinski definition) is 3. The van der Waals surface area contributed by atoms with Crippen molar-refractivity contribution in [2.24, 2.45) is 5.92 Å². The molecule has 0 aliphatic rings. The van der Waals surface area contributed by atoms with Crippen LogP contribution in [-0.2, 0) is 16.1 Å². The lowest BCUT2D eigenvalue weighted by molar-refractivity contribution is -0.123. The molecule has 1 rings (SSSR count). The lowest BCUT2D eigenvalue weighted by Gasteiger charge is -2.18. The van der Waals surface area contributed by atoms with Gasteiger partial charge in [0.2, 0.25) is 0 Å². The highest BCUT2D eigenvalue weighted by Gasteiger charge is 2.23. The smallest absolute Gasteiger partial charge is 0.142 e. The molecule has 2 atom stereocenters. The number of phenols is 1. The topological polar surface area (TPSA) is 46.5 Å². The second-order valence-corrected chi connectivity index (χ2v) is 4.40. The Balaban J connectivity index is 2.56. The highest BCUT2D eigenvalue weighted by molar-refractivity contribution is 6.24. The molecule has 94 valence electrons. The van der Waals surface area contributed by atoms with Gasteiger partial charge >= 0.3 is 0 Å². The van der Waals surface area contributed by atoms with E-state index in [9.17, 15) is 9.90 Å². The third-order valence-electron chi connectivity index (χ3n) is 2.39. The summed E-state index contributed by atoms with van der Waals surface area (Å²) in [5.41, 5.74) is -0.167. The summed E-state index contributed by atoms with van der Waals surface area (Å²) in [6.07, 6.45) is 0. The Bertz CT molecular complexity index is 382. The highest BCUT2D eigenvalue weighted by atomic mass is 35.5. The summed E-state index contributed by atoms with van der Waals surface area (Å²) >= 11 is 11.6. The predicted molar refractivity (Wildman–Crippen MR) is 67.4 cm³/mol. The number of benzene rings is 1. The van der Waals surface area contributed by atoms with Gasteiger partial charge in [-0.2, -0.15) is 0 Å². The fourth-order valence-corrected chi connectivity index (χ4v) is 2.08. The summed E-state index contributed by atoms with van der Waals surface area (Å²) in [6, 6.07) is 6.79. The number of aromatic hydroxyl groups is 1. The zero-order valence-corrected chi connectivity index (χ0v) is 10.9. The van der Waals surface area contributed by atoms with Gasteiger partial charge in [0.25, 0.3) is 0 Å². The molecule has 0 fully saturated rings. The average Bonchev–Trinajstić information content (AvgIpc) is 2.28. The van der Waals surface area contributed by atoms with E-state index in [-0.39, 0.29) is 24.0 Å². The Morgan fingerprint density at radius 1 is 1.47 bits per heavy atom. The van der Waals surface area contributed by atoms with Crippen molar-refractivity contribution in [3.63, 3.8) is 0 Å². The van der Waals surface area contributed by atoms with Crippen molar-refractivity contribution >= 4 is 29.0 Å². The fraction of sp³-hybridized carbons (Fsp3) is 0.417. The molecule has 1 N–H and O–H groups in total. The summed E-state index contributed by atoms with van der Waals surface area (Å²) in [5.74, 6) is -0.396. The number of carbonyl (C=O) groups is 1. The first-order valence-corrected chi connectivity index (χ1v) is 6.12. The molecule has 0 radical (unpaired) electrons. The molecule has 0 bridgehead atoms. The van der Waals surface area contributed by atoms with E-state index in [0.717, 1.165) is 0 Å². The molecule has 2 unspecified atom stereocenters. The Hall–Kier alpha value is -0.770. The van der Waals surface area contributed by atoms with Gasteiger partial charge in [-0.25, -0.2) is 0 Å². The minimum Gasteiger partial charge on any atom is -0.508 e. The summed E-state index contributed by atoms with van der Waals surface area (Å²) in [7, 11) is 0. The van der Waals surface area contributed by atoms with Crippen molar-refractivity contribution in [2.75, 3.05) is 5.88 Å². The number of rotatable bonds is 6. The number of hydrogen-bond donors (Lipinski definition) is 1. The van der Waals surface area contributed by atoms with Crippen LogP contribution in [0.3, 0.4) is 0 Å². The van der Waals surface area contributed by atoms with Crippen LogP contribution in [0.5, 0.6) is 5.75 Å². The molecule has 0 saturated carbocycles. The number of ketones is 1. The molecule has 5 heteroatoms. The number of ether oxygens (including phenoxy) is 1. The second kappa shape index (κ2) is 6.84. The zero-order valence-electron chi connectivity index (χ0n) is 9.40. The van der Waals surface area contributed by atoms with Crippen molar-refractivity contribution in [3.8, 4) is 5.75 Å². The molecule has 0 aromatic heterocycles. The van der Waals surface area contributed by atoms with Gasteiger partial charge in [0, 0.05) is 11.4 Å². The van der Waals surface area contributed by atoms with Gasteiger partial charge in [-0.05, 0) is 13.0 Å². The molecule has 0 amide bonds. The number of halogens is 2. The van der Waals surface area contributed by atoms with Crippen molar-refractivity contribution in [1.29, 1.82) is 0 Å². The van der Waals surface area contributed by atoms with Crippen LogP contribution in [-0.4, -0.2) is 22.3 Å². The second-order valence-electron chi connectivity index (χ2n) is 3.66. The molecule has 0 saturated heterocycles. The van der Waals surface area contributed by atoms with Gasteiger partial charge in [-0.15, -0.1) is 11.6 Å². The van der Waals surface area contributed by atoms with Crippen LogP contribution in [0, 0.1) is 5.92 Å². The zero-order chi connectivity index (χ0) is 12.8. The lowest BCUT2D eigenvalue weighted by Crippen LogP contribution is -2.26. The van der Waals surface area contributed by atoms with Gasteiger partial charge in [0.05, 0.1) is 12.5 Å². The first kappa shape index (κ1) is 14.3. The van der Waals surface area contributed by atoms with E-state index < -0.39 is 11.5 Å². The molecule has 1 aromatic carbocycles. The SMILES string of the molecule is CC(=O)C(CCl)C(Cl)OCc1ccccc1O. The molecule has 3 nitrogen and oxygen atoms in total. The van der Waals surface area contributed by atoms with Crippen LogP contribution in [0.1, 0.15) is 12.5 Å². The Morgan fingerprint density at radius 2 is 2.12 bits per heavy atom. The first-order valence-electron chi connectivity index (χ1n) is 5.15. The van der Waals surface area contributed by atoms with E-state index >= 15 is 0 Å². The molecule has 1 aromatic rings. The number of alkyl halides is 2. The van der Waals surface area contributed by atoms with Crippen LogP contribution in [0.15, 0.2) is 24.3 Å². The minimum absolute atomic E-state index is 0.114. The number of Topliss-reactive ketones (excluding diaryl/α,β-unsaturated/α-hetero) is 1. The Kier molecular flexibility index (Phi) is 5.75. The maximum Gasteiger partial charge on any atom is 0.142 e. The molecular weight excluding hydrogens is 263 g/mol. The lowest BCUT2D eigenvalue weighted by atomic mass is 10.1. The summed E-state index contributed by atoms with van der Waals surface area (Å²) < 4.78 is 5.32. The van der Waals surface area contributed by atoms with E-state index in [4.69, 9.17) is 27.9 Å². The molecule has 17 heavy (non-hydrogen) atoms. The van der Waals surface area contributed by atoms with Crippen LogP contribution < -0.4 is 0 Å². The maximum atomic E-state index is 11.2. The number of carbonyl (C=O) groups excluding carboxylic acids is 1. The number of phenolic OH excluding ortho intramolecular Hbond substituents is 1. The van der Waals surface area contributed by atoms with Crippen molar-refractivity contribution in [3.05, 3.63) is 29.8 Å². The third-order valence-corrected chi connectivity index (χ3v) is 3.16. The average molecular weight is 277 g/mol. The van der Waals surface area contributed by atoms with Gasteiger partial charge in [-0.3, -0.25) is 4.79 Å². The Morgan fingerprint density at radius 3 is 2.65 bits per heavy atom. The van der Waals surface area contributed by atoms with Gasteiger partial charge in [0.1, 0.15) is 17.1 Å². The van der Waals surface area contributed by atoms with Gasteiger partial charge < -0.3 is 9.84 Å². The van der Waals surface area contributed by atoms with Crippen molar-refractivity contribution in [1.82, 2.24) is 0 Å². The molecular formula is C12H14Cl2O3. The van der Waals surface area contributed by atoms with Crippen LogP contribution >= 0.6 is 23.2 Å². The molecule has 0 heterocycles. The monoisotopic (exact) mass is 276 g/mol. The van der Waals surface area contributed by atoms with Crippen LogP contribution in [0.25, 0.3) is 0 Å². The van der Waals surface area contributed by atoms with Crippen molar-refractivity contribution < 1.29 is 14.6 Å². The number of para-hydroxylation sites is 1. The van der Waals surface area contributed by atoms with Crippen molar-refractivity contribution in [2.45, 2.75) is 19.1 Å². The summed E-state index contributed by atoms with van der Waals surface area (Å²) in [4.78, 5) is 11.2. The van der Waals surface area contributed by atoms with Gasteiger partial charge in [0.15, 0.2) is 0 Å². The highest BCUT2D eigenvalue weighted by Crippen LogP contribution is 2.21.